The molecule has 0 spiro atoms. The second-order valence-corrected chi connectivity index (χ2v) is 4.64. The number of hydrogen-bond acceptors (Lipinski definition) is 7. The van der Waals surface area contributed by atoms with Crippen LogP contribution in [-0.4, -0.2) is 75.1 Å². The highest BCUT2D eigenvalue weighted by molar-refractivity contribution is 6.32. The summed E-state index contributed by atoms with van der Waals surface area (Å²) >= 11 is 0. The first-order valence-electron chi connectivity index (χ1n) is 6.02. The number of nitrogens with zero attached hydrogens (tertiary/aromatic N) is 2. The van der Waals surface area contributed by atoms with Crippen LogP contribution in [0.25, 0.3) is 0 Å². The largest absolute Gasteiger partial charge is 0.394 e. The van der Waals surface area contributed by atoms with E-state index in [1.54, 1.807) is 0 Å². The zero-order chi connectivity index (χ0) is 15.3. The van der Waals surface area contributed by atoms with E-state index in [0.717, 1.165) is 4.90 Å². The van der Waals surface area contributed by atoms with Gasteiger partial charge in [0, 0.05) is 0 Å². The number of hydrogen-bond donors (Lipinski definition) is 6. The molecule has 0 aliphatic carbocycles. The topological polar surface area (TPSA) is 168 Å². The molecule has 3 heterocycles. The lowest BCUT2D eigenvalue weighted by atomic mass is 10.1. The first kappa shape index (κ1) is 13.9. The number of aliphatic hydroxyl groups excluding tert-OH is 3. The molecule has 4 atom stereocenters. The number of amides is 3. The molecule has 3 aliphatic heterocycles. The fourth-order valence-electron chi connectivity index (χ4n) is 2.34. The molecule has 1 radical (unpaired) electrons. The normalized spacial score (nSPS) is 36.4. The van der Waals surface area contributed by atoms with Gasteiger partial charge in [-0.3, -0.25) is 15.5 Å². The first-order chi connectivity index (χ1) is 9.93. The third kappa shape index (κ3) is 1.98. The predicted octanol–water partition coefficient (Wildman–Crippen LogP) is -3.55. The fourth-order valence-corrected chi connectivity index (χ4v) is 2.34. The molecule has 113 valence electrons. The minimum atomic E-state index is -1.49. The van der Waals surface area contributed by atoms with Gasteiger partial charge in [-0.15, -0.1) is 0 Å². The van der Waals surface area contributed by atoms with E-state index in [4.69, 9.17) is 15.3 Å². The average molecular weight is 298 g/mol. The Balaban J connectivity index is 1.93. The monoisotopic (exact) mass is 298 g/mol. The summed E-state index contributed by atoms with van der Waals surface area (Å²) in [7, 11) is 0. The molecule has 0 saturated carbocycles. The van der Waals surface area contributed by atoms with Crippen LogP contribution in [-0.2, 0) is 9.53 Å². The second kappa shape index (κ2) is 4.73. The third-order valence-corrected chi connectivity index (χ3v) is 3.35. The van der Waals surface area contributed by atoms with Gasteiger partial charge in [0.25, 0.3) is 5.91 Å². The van der Waals surface area contributed by atoms with E-state index in [1.807, 2.05) is 0 Å². The van der Waals surface area contributed by atoms with Crippen LogP contribution in [0.3, 0.4) is 0 Å². The minimum Gasteiger partial charge on any atom is -0.394 e. The number of guanidine groups is 1. The van der Waals surface area contributed by atoms with E-state index in [1.165, 1.54) is 0 Å². The van der Waals surface area contributed by atoms with Crippen LogP contribution >= 0.6 is 0 Å². The summed E-state index contributed by atoms with van der Waals surface area (Å²) in [6.45, 7) is -0.552. The highest BCUT2D eigenvalue weighted by atomic mass is 16.6. The second-order valence-electron chi connectivity index (χ2n) is 4.64. The Hall–Kier alpha value is -2.08. The molecule has 0 unspecified atom stereocenters. The van der Waals surface area contributed by atoms with E-state index in [2.05, 4.69) is 15.6 Å². The van der Waals surface area contributed by atoms with Gasteiger partial charge in [-0.05, 0) is 0 Å². The molecule has 0 aromatic rings. The molecule has 0 aromatic carbocycles. The molecule has 2 fully saturated rings. The Morgan fingerprint density at radius 3 is 2.62 bits per heavy atom. The summed E-state index contributed by atoms with van der Waals surface area (Å²) in [5.74, 6) is -1.36. The number of aliphatic imine (C=N–C) groups is 1. The van der Waals surface area contributed by atoms with Crippen molar-refractivity contribution in [1.82, 2.24) is 15.5 Å². The quantitative estimate of drug-likeness (QED) is 0.308. The van der Waals surface area contributed by atoms with Gasteiger partial charge in [-0.1, -0.05) is 0 Å². The maximum Gasteiger partial charge on any atom is 0.326 e. The maximum absolute atomic E-state index is 12.0. The number of rotatable bonds is 2. The molecule has 2 saturated heterocycles. The summed E-state index contributed by atoms with van der Waals surface area (Å²) in [6, 6.07) is -0.961. The van der Waals surface area contributed by atoms with Crippen molar-refractivity contribution < 1.29 is 29.6 Å². The van der Waals surface area contributed by atoms with E-state index in [0.29, 0.717) is 0 Å². The fraction of sp³-hybridized carbons (Fsp3) is 0.500. The molecule has 11 heteroatoms. The van der Waals surface area contributed by atoms with Crippen molar-refractivity contribution >= 4 is 23.7 Å². The molecule has 0 bridgehead atoms. The van der Waals surface area contributed by atoms with Crippen LogP contribution in [0.4, 0.5) is 4.79 Å². The van der Waals surface area contributed by atoms with Gasteiger partial charge < -0.3 is 25.4 Å². The maximum atomic E-state index is 12.0. The summed E-state index contributed by atoms with van der Waals surface area (Å²) in [4.78, 5) is 28.2. The Labute approximate surface area is 117 Å². The van der Waals surface area contributed by atoms with Crippen molar-refractivity contribution in [2.24, 2.45) is 4.99 Å². The van der Waals surface area contributed by atoms with Crippen LogP contribution in [0.2, 0.25) is 0 Å². The zero-order valence-electron chi connectivity index (χ0n) is 10.5. The number of amidine groups is 1. The smallest absolute Gasteiger partial charge is 0.326 e. The van der Waals surface area contributed by atoms with Crippen molar-refractivity contribution in [1.29, 1.82) is 5.41 Å². The number of carbonyl (C=O) groups is 2. The highest BCUT2D eigenvalue weighted by Gasteiger charge is 2.54. The Kier molecular flexibility index (Phi) is 3.13. The van der Waals surface area contributed by atoms with Gasteiger partial charge in [-0.2, -0.15) is 4.99 Å². The lowest BCUT2D eigenvalue weighted by Gasteiger charge is -2.26. The Bertz CT molecular complexity index is 550. The summed E-state index contributed by atoms with van der Waals surface area (Å²) in [5, 5.41) is 40.4. The van der Waals surface area contributed by atoms with Crippen LogP contribution in [0.1, 0.15) is 0 Å². The lowest BCUT2D eigenvalue weighted by Crippen LogP contribution is -2.50. The van der Waals surface area contributed by atoms with Crippen LogP contribution in [0.5, 0.6) is 0 Å². The van der Waals surface area contributed by atoms with Crippen molar-refractivity contribution in [2.45, 2.75) is 24.5 Å². The molecule has 3 rings (SSSR count). The number of aliphatic hydroxyl groups is 3. The van der Waals surface area contributed by atoms with Gasteiger partial charge in [0.1, 0.15) is 18.3 Å². The number of fused-ring (bicyclic) bond motifs is 1. The van der Waals surface area contributed by atoms with Crippen molar-refractivity contribution in [3.63, 3.8) is 0 Å². The summed E-state index contributed by atoms with van der Waals surface area (Å²) < 4.78 is 5.23. The van der Waals surface area contributed by atoms with Gasteiger partial charge in [0.05, 0.1) is 6.61 Å². The van der Waals surface area contributed by atoms with E-state index in [-0.39, 0.29) is 11.9 Å². The lowest BCUT2D eigenvalue weighted by molar-refractivity contribution is -0.117. The molecule has 3 amide bonds. The molecule has 3 aliphatic rings. The van der Waals surface area contributed by atoms with Crippen molar-refractivity contribution in [3.8, 4) is 0 Å². The van der Waals surface area contributed by atoms with Gasteiger partial charge in [-0.25, -0.2) is 9.69 Å². The molecular weight excluding hydrogens is 286 g/mol. The van der Waals surface area contributed by atoms with E-state index in [9.17, 15) is 19.8 Å². The Morgan fingerprint density at radius 2 is 2.00 bits per heavy atom. The van der Waals surface area contributed by atoms with Crippen LogP contribution in [0, 0.1) is 11.5 Å². The molecule has 6 N–H and O–H groups in total. The van der Waals surface area contributed by atoms with Crippen LogP contribution < -0.4 is 10.6 Å². The third-order valence-electron chi connectivity index (χ3n) is 3.35. The average Bonchev–Trinajstić information content (AvgIpc) is 2.89. The van der Waals surface area contributed by atoms with Crippen molar-refractivity contribution in [2.75, 3.05) is 6.61 Å². The first-order valence-corrected chi connectivity index (χ1v) is 6.02. The minimum absolute atomic E-state index is 0.172. The molecular formula is C10H12N5O6. The highest BCUT2D eigenvalue weighted by Crippen LogP contribution is 2.29. The number of urea groups is 1. The number of nitrogens with one attached hydrogen (secondary N) is 3. The Morgan fingerprint density at radius 1 is 1.29 bits per heavy atom. The van der Waals surface area contributed by atoms with Gasteiger partial charge >= 0.3 is 6.03 Å². The van der Waals surface area contributed by atoms with Crippen LogP contribution in [0.15, 0.2) is 4.99 Å². The summed E-state index contributed by atoms with van der Waals surface area (Å²) in [6.07, 6.45) is -5.28. The summed E-state index contributed by atoms with van der Waals surface area (Å²) in [5.41, 5.74) is 0. The number of ether oxygens (including phenoxy) is 1. The van der Waals surface area contributed by atoms with E-state index < -0.39 is 49.0 Å². The van der Waals surface area contributed by atoms with Gasteiger partial charge in [0.2, 0.25) is 12.0 Å². The molecule has 21 heavy (non-hydrogen) atoms. The predicted molar refractivity (Wildman–Crippen MR) is 64.7 cm³/mol. The molecule has 11 nitrogen and oxygen atoms in total. The van der Waals surface area contributed by atoms with E-state index >= 15 is 0 Å². The standard InChI is InChI=1S/C10H12N5O6/c11-9-13-6-3(7(19)14-9)12-10(20)15(6)8-5(18)4(17)2(1-16)21-8/h2,4-5,8,16-18H,1H2,(H,12,20)(H2,11,14,19)/t2-,4-,5-,8-/m1/s1. The van der Waals surface area contributed by atoms with Crippen molar-refractivity contribution in [3.05, 3.63) is 6.04 Å². The number of carbonyl (C=O) groups excluding carboxylic acids is 2. The zero-order valence-corrected chi connectivity index (χ0v) is 10.5. The van der Waals surface area contributed by atoms with Gasteiger partial charge in [0.15, 0.2) is 12.1 Å². The molecule has 0 aromatic heterocycles. The SMILES string of the molecule is N=C1N=C2[C](NC(=O)N2[C@@H]2O[C@H](CO)[C@@H](O)[C@H]2O)C(=O)N1.